The maximum absolute atomic E-state index is 8.79. The average molecular weight is 147 g/mol. The van der Waals surface area contributed by atoms with Gasteiger partial charge in [-0.05, 0) is 13.3 Å². The molecule has 0 aliphatic heterocycles. The molecule has 3 heteroatoms. The third-order valence-electron chi connectivity index (χ3n) is 1.12. The number of hydrogen-bond acceptors (Lipinski definition) is 3. The van der Waals surface area contributed by atoms with Gasteiger partial charge in [0.05, 0.1) is 12.7 Å². The summed E-state index contributed by atoms with van der Waals surface area (Å²) in [5.74, 6) is 0. The standard InChI is InChI=1S/C7H17NO2/c1-3-4-7(8)10-5-6(2)9/h6-7,9H,3-5,8H2,1-2H3. The van der Waals surface area contributed by atoms with Gasteiger partial charge in [-0.3, -0.25) is 0 Å². The van der Waals surface area contributed by atoms with Crippen LogP contribution in [0.3, 0.4) is 0 Å². The second-order valence-corrected chi connectivity index (χ2v) is 2.51. The van der Waals surface area contributed by atoms with E-state index in [-0.39, 0.29) is 6.23 Å². The Morgan fingerprint density at radius 3 is 2.60 bits per heavy atom. The minimum absolute atomic E-state index is 0.209. The van der Waals surface area contributed by atoms with Crippen LogP contribution in [0.1, 0.15) is 26.7 Å². The Bertz CT molecular complexity index is 76.0. The van der Waals surface area contributed by atoms with Gasteiger partial charge >= 0.3 is 0 Å². The molecule has 0 fully saturated rings. The SMILES string of the molecule is CCCC(N)OCC(C)O. The van der Waals surface area contributed by atoms with Crippen LogP contribution in [0.5, 0.6) is 0 Å². The number of aliphatic hydroxyl groups excluding tert-OH is 1. The van der Waals surface area contributed by atoms with E-state index in [0.29, 0.717) is 6.61 Å². The van der Waals surface area contributed by atoms with E-state index in [0.717, 1.165) is 12.8 Å². The summed E-state index contributed by atoms with van der Waals surface area (Å²) >= 11 is 0. The van der Waals surface area contributed by atoms with Gasteiger partial charge in [-0.1, -0.05) is 13.3 Å². The molecular formula is C7H17NO2. The monoisotopic (exact) mass is 147 g/mol. The first kappa shape index (κ1) is 9.88. The lowest BCUT2D eigenvalue weighted by Gasteiger charge is -2.12. The van der Waals surface area contributed by atoms with E-state index in [9.17, 15) is 0 Å². The number of nitrogens with two attached hydrogens (primary N) is 1. The molecule has 0 amide bonds. The van der Waals surface area contributed by atoms with Gasteiger partial charge in [-0.2, -0.15) is 0 Å². The minimum Gasteiger partial charge on any atom is -0.391 e. The average Bonchev–Trinajstić information content (AvgIpc) is 1.85. The van der Waals surface area contributed by atoms with Crippen LogP contribution in [0.2, 0.25) is 0 Å². The Morgan fingerprint density at radius 1 is 1.60 bits per heavy atom. The Morgan fingerprint density at radius 2 is 2.20 bits per heavy atom. The van der Waals surface area contributed by atoms with Crippen molar-refractivity contribution in [3.05, 3.63) is 0 Å². The Labute approximate surface area is 62.2 Å². The highest BCUT2D eigenvalue weighted by molar-refractivity contribution is 4.48. The molecule has 0 aliphatic carbocycles. The Hall–Kier alpha value is -0.120. The number of aliphatic hydroxyl groups is 1. The van der Waals surface area contributed by atoms with E-state index in [4.69, 9.17) is 15.6 Å². The zero-order valence-electron chi connectivity index (χ0n) is 6.71. The predicted molar refractivity (Wildman–Crippen MR) is 40.5 cm³/mol. The van der Waals surface area contributed by atoms with Crippen molar-refractivity contribution in [2.75, 3.05) is 6.61 Å². The normalized spacial score (nSPS) is 16.8. The van der Waals surface area contributed by atoms with Crippen molar-refractivity contribution in [3.8, 4) is 0 Å². The Kier molecular flexibility index (Phi) is 5.58. The molecule has 0 aliphatic rings. The summed E-state index contributed by atoms with van der Waals surface area (Å²) in [6.07, 6.45) is 1.25. The van der Waals surface area contributed by atoms with Gasteiger partial charge in [0, 0.05) is 0 Å². The van der Waals surface area contributed by atoms with Crippen molar-refractivity contribution in [2.45, 2.75) is 39.0 Å². The molecule has 10 heavy (non-hydrogen) atoms. The topological polar surface area (TPSA) is 55.5 Å². The minimum atomic E-state index is -0.414. The summed E-state index contributed by atoms with van der Waals surface area (Å²) in [6.45, 7) is 4.06. The molecule has 0 spiro atoms. The van der Waals surface area contributed by atoms with E-state index >= 15 is 0 Å². The molecule has 62 valence electrons. The highest BCUT2D eigenvalue weighted by Gasteiger charge is 2.01. The van der Waals surface area contributed by atoms with E-state index < -0.39 is 6.10 Å². The van der Waals surface area contributed by atoms with Crippen molar-refractivity contribution in [1.29, 1.82) is 0 Å². The van der Waals surface area contributed by atoms with Crippen LogP contribution in [-0.2, 0) is 4.74 Å². The van der Waals surface area contributed by atoms with Crippen molar-refractivity contribution >= 4 is 0 Å². The molecule has 3 nitrogen and oxygen atoms in total. The van der Waals surface area contributed by atoms with Gasteiger partial charge in [0.2, 0.25) is 0 Å². The summed E-state index contributed by atoms with van der Waals surface area (Å²) in [7, 11) is 0. The molecular weight excluding hydrogens is 130 g/mol. The zero-order valence-corrected chi connectivity index (χ0v) is 6.71. The number of hydrogen-bond donors (Lipinski definition) is 2. The highest BCUT2D eigenvalue weighted by Crippen LogP contribution is 1.95. The van der Waals surface area contributed by atoms with Gasteiger partial charge < -0.3 is 15.6 Å². The quantitative estimate of drug-likeness (QED) is 0.556. The second kappa shape index (κ2) is 5.65. The molecule has 0 radical (unpaired) electrons. The lowest BCUT2D eigenvalue weighted by Crippen LogP contribution is -2.27. The van der Waals surface area contributed by atoms with Crippen molar-refractivity contribution < 1.29 is 9.84 Å². The van der Waals surface area contributed by atoms with Crippen molar-refractivity contribution in [3.63, 3.8) is 0 Å². The molecule has 0 saturated heterocycles. The first-order valence-corrected chi connectivity index (χ1v) is 3.72. The third-order valence-corrected chi connectivity index (χ3v) is 1.12. The molecule has 0 saturated carbocycles. The van der Waals surface area contributed by atoms with Crippen molar-refractivity contribution in [1.82, 2.24) is 0 Å². The molecule has 0 aromatic heterocycles. The molecule has 0 rings (SSSR count). The lowest BCUT2D eigenvalue weighted by molar-refractivity contribution is -0.00353. The van der Waals surface area contributed by atoms with Gasteiger partial charge in [-0.25, -0.2) is 0 Å². The first-order chi connectivity index (χ1) is 4.66. The van der Waals surface area contributed by atoms with Crippen LogP contribution < -0.4 is 5.73 Å². The number of rotatable bonds is 5. The molecule has 0 aromatic rings. The van der Waals surface area contributed by atoms with Gasteiger partial charge in [0.25, 0.3) is 0 Å². The molecule has 3 N–H and O–H groups in total. The van der Waals surface area contributed by atoms with Gasteiger partial charge in [0.15, 0.2) is 0 Å². The van der Waals surface area contributed by atoms with Crippen LogP contribution in [0, 0.1) is 0 Å². The van der Waals surface area contributed by atoms with Crippen LogP contribution in [0.25, 0.3) is 0 Å². The fraction of sp³-hybridized carbons (Fsp3) is 1.00. The molecule has 2 unspecified atom stereocenters. The lowest BCUT2D eigenvalue weighted by atomic mass is 10.3. The summed E-state index contributed by atoms with van der Waals surface area (Å²) in [5.41, 5.74) is 5.50. The predicted octanol–water partition coefficient (Wildman–Crippen LogP) is 0.469. The van der Waals surface area contributed by atoms with Crippen LogP contribution in [-0.4, -0.2) is 24.0 Å². The maximum atomic E-state index is 8.79. The van der Waals surface area contributed by atoms with Crippen LogP contribution in [0.15, 0.2) is 0 Å². The summed E-state index contributed by atoms with van der Waals surface area (Å²) in [4.78, 5) is 0. The molecule has 0 bridgehead atoms. The maximum Gasteiger partial charge on any atom is 0.105 e. The highest BCUT2D eigenvalue weighted by atomic mass is 16.5. The second-order valence-electron chi connectivity index (χ2n) is 2.51. The molecule has 0 heterocycles. The van der Waals surface area contributed by atoms with Crippen molar-refractivity contribution in [2.24, 2.45) is 5.73 Å². The van der Waals surface area contributed by atoms with Gasteiger partial charge in [0.1, 0.15) is 6.23 Å². The van der Waals surface area contributed by atoms with Crippen LogP contribution in [0.4, 0.5) is 0 Å². The van der Waals surface area contributed by atoms with E-state index in [1.165, 1.54) is 0 Å². The van der Waals surface area contributed by atoms with Crippen LogP contribution >= 0.6 is 0 Å². The third kappa shape index (κ3) is 6.01. The smallest absolute Gasteiger partial charge is 0.105 e. The largest absolute Gasteiger partial charge is 0.391 e. The van der Waals surface area contributed by atoms with E-state index in [1.54, 1.807) is 6.92 Å². The first-order valence-electron chi connectivity index (χ1n) is 3.72. The fourth-order valence-electron chi connectivity index (χ4n) is 0.631. The summed E-state index contributed by atoms with van der Waals surface area (Å²) in [6, 6.07) is 0. The summed E-state index contributed by atoms with van der Waals surface area (Å²) < 4.78 is 5.07. The van der Waals surface area contributed by atoms with Gasteiger partial charge in [-0.15, -0.1) is 0 Å². The Balaban J connectivity index is 3.12. The fourth-order valence-corrected chi connectivity index (χ4v) is 0.631. The molecule has 0 aromatic carbocycles. The number of ether oxygens (including phenoxy) is 1. The van der Waals surface area contributed by atoms with E-state index in [1.807, 2.05) is 6.92 Å². The van der Waals surface area contributed by atoms with E-state index in [2.05, 4.69) is 0 Å². The summed E-state index contributed by atoms with van der Waals surface area (Å²) in [5, 5.41) is 8.79. The molecule has 2 atom stereocenters. The zero-order chi connectivity index (χ0) is 7.98.